The number of piperidine rings is 1. The summed E-state index contributed by atoms with van der Waals surface area (Å²) in [7, 11) is 0. The quantitative estimate of drug-likeness (QED) is 0.654. The van der Waals surface area contributed by atoms with E-state index >= 15 is 0 Å². The fraction of sp³-hybridized carbons (Fsp3) is 0.800. The van der Waals surface area contributed by atoms with E-state index in [1.807, 2.05) is 0 Å². The van der Waals surface area contributed by atoms with Gasteiger partial charge >= 0.3 is 0 Å². The van der Waals surface area contributed by atoms with Gasteiger partial charge in [-0.05, 0) is 63.5 Å². The summed E-state index contributed by atoms with van der Waals surface area (Å²) >= 11 is 0. The first kappa shape index (κ1) is 12.2. The van der Waals surface area contributed by atoms with Crippen LogP contribution in [0.15, 0.2) is 12.2 Å². The first-order valence-electron chi connectivity index (χ1n) is 7.05. The molecule has 1 heterocycles. The normalized spacial score (nSPS) is 26.6. The molecule has 91 valence electrons. The van der Waals surface area contributed by atoms with Crippen LogP contribution in [0, 0.1) is 11.8 Å². The molecule has 0 atom stereocenters. The summed E-state index contributed by atoms with van der Waals surface area (Å²) < 4.78 is 0. The maximum absolute atomic E-state index is 2.60. The van der Waals surface area contributed by atoms with Gasteiger partial charge in [0.25, 0.3) is 0 Å². The first-order valence-corrected chi connectivity index (χ1v) is 7.05. The Bertz CT molecular complexity index is 207. The van der Waals surface area contributed by atoms with Gasteiger partial charge in [-0.15, -0.1) is 0 Å². The molecule has 1 aliphatic carbocycles. The second kappa shape index (κ2) is 6.44. The van der Waals surface area contributed by atoms with Crippen molar-refractivity contribution in [3.05, 3.63) is 18.1 Å². The minimum Gasteiger partial charge on any atom is -0.300 e. The summed E-state index contributed by atoms with van der Waals surface area (Å²) in [5.41, 5.74) is 0. The zero-order chi connectivity index (χ0) is 11.2. The van der Waals surface area contributed by atoms with Crippen molar-refractivity contribution in [2.45, 2.75) is 51.9 Å². The van der Waals surface area contributed by atoms with Crippen LogP contribution in [0.3, 0.4) is 0 Å². The molecule has 0 unspecified atom stereocenters. The number of rotatable bonds is 3. The Morgan fingerprint density at radius 3 is 2.50 bits per heavy atom. The van der Waals surface area contributed by atoms with Crippen LogP contribution in [0.1, 0.15) is 51.9 Å². The standard InChI is InChI=1S/C15H26N/c1-14-7-9-15(10-8-14)6-5-13-16-11-3-2-4-12-16/h5-6,15H,2-4,7-13H2,1H3. The molecule has 0 aromatic carbocycles. The fourth-order valence-corrected chi connectivity index (χ4v) is 2.87. The van der Waals surface area contributed by atoms with Crippen molar-refractivity contribution in [1.29, 1.82) is 0 Å². The van der Waals surface area contributed by atoms with Gasteiger partial charge in [0.1, 0.15) is 0 Å². The number of hydrogen-bond acceptors (Lipinski definition) is 1. The van der Waals surface area contributed by atoms with E-state index in [-0.39, 0.29) is 0 Å². The molecule has 0 spiro atoms. The minimum atomic E-state index is 0.869. The zero-order valence-electron chi connectivity index (χ0n) is 10.8. The van der Waals surface area contributed by atoms with Gasteiger partial charge in [-0.25, -0.2) is 0 Å². The molecule has 2 fully saturated rings. The lowest BCUT2D eigenvalue weighted by molar-refractivity contribution is 0.251. The minimum absolute atomic E-state index is 0.869. The van der Waals surface area contributed by atoms with Crippen LogP contribution in [0.2, 0.25) is 0 Å². The lowest BCUT2D eigenvalue weighted by atomic mass is 9.83. The lowest BCUT2D eigenvalue weighted by Crippen LogP contribution is -2.29. The highest BCUT2D eigenvalue weighted by atomic mass is 15.1. The van der Waals surface area contributed by atoms with Crippen LogP contribution in [-0.4, -0.2) is 24.5 Å². The summed E-state index contributed by atoms with van der Waals surface area (Å²) in [6, 6.07) is 0. The Morgan fingerprint density at radius 1 is 1.12 bits per heavy atom. The van der Waals surface area contributed by atoms with Crippen LogP contribution in [0.25, 0.3) is 0 Å². The fourth-order valence-electron chi connectivity index (χ4n) is 2.87. The molecule has 0 amide bonds. The van der Waals surface area contributed by atoms with E-state index in [1.165, 1.54) is 64.6 Å². The van der Waals surface area contributed by atoms with E-state index in [0.29, 0.717) is 0 Å². The van der Waals surface area contributed by atoms with Crippen molar-refractivity contribution >= 4 is 0 Å². The van der Waals surface area contributed by atoms with Crippen molar-refractivity contribution in [3.8, 4) is 0 Å². The van der Waals surface area contributed by atoms with Crippen molar-refractivity contribution in [2.24, 2.45) is 5.92 Å². The molecule has 1 saturated carbocycles. The molecule has 1 heteroatoms. The van der Waals surface area contributed by atoms with Crippen LogP contribution in [0.4, 0.5) is 0 Å². The summed E-state index contributed by atoms with van der Waals surface area (Å²) in [6.07, 6.45) is 14.7. The molecular formula is C15H26N. The average molecular weight is 220 g/mol. The van der Waals surface area contributed by atoms with Crippen molar-refractivity contribution in [2.75, 3.05) is 19.6 Å². The number of hydrogen-bond donors (Lipinski definition) is 0. The third kappa shape index (κ3) is 3.93. The Morgan fingerprint density at radius 2 is 1.81 bits per heavy atom. The van der Waals surface area contributed by atoms with Gasteiger partial charge in [-0.3, -0.25) is 4.90 Å². The van der Waals surface area contributed by atoms with Crippen LogP contribution >= 0.6 is 0 Å². The van der Waals surface area contributed by atoms with Gasteiger partial charge in [-0.2, -0.15) is 0 Å². The van der Waals surface area contributed by atoms with E-state index in [9.17, 15) is 0 Å². The van der Waals surface area contributed by atoms with E-state index < -0.39 is 0 Å². The summed E-state index contributed by atoms with van der Waals surface area (Å²) in [5.74, 6) is 2.58. The largest absolute Gasteiger partial charge is 0.300 e. The highest BCUT2D eigenvalue weighted by molar-refractivity contribution is 4.98. The molecule has 0 N–H and O–H groups in total. The van der Waals surface area contributed by atoms with Gasteiger partial charge in [0, 0.05) is 6.54 Å². The maximum atomic E-state index is 2.60. The smallest absolute Gasteiger partial charge is 0.0163 e. The molecule has 0 aromatic rings. The Kier molecular flexibility index (Phi) is 4.90. The predicted octanol–water partition coefficient (Wildman–Crippen LogP) is 3.81. The SMILES string of the molecule is C[C]1CCC(C=CCN2CCCCC2)CC1. The highest BCUT2D eigenvalue weighted by Gasteiger charge is 2.16. The van der Waals surface area contributed by atoms with Gasteiger partial charge < -0.3 is 0 Å². The average Bonchev–Trinajstić information content (AvgIpc) is 2.33. The number of allylic oxidation sites excluding steroid dienone is 1. The van der Waals surface area contributed by atoms with E-state index in [4.69, 9.17) is 0 Å². The molecule has 2 rings (SSSR count). The maximum Gasteiger partial charge on any atom is 0.0163 e. The van der Waals surface area contributed by atoms with Crippen molar-refractivity contribution < 1.29 is 0 Å². The Hall–Kier alpha value is -0.300. The van der Waals surface area contributed by atoms with Crippen LogP contribution in [-0.2, 0) is 0 Å². The van der Waals surface area contributed by atoms with E-state index in [0.717, 1.165) is 5.92 Å². The van der Waals surface area contributed by atoms with Crippen molar-refractivity contribution in [3.63, 3.8) is 0 Å². The van der Waals surface area contributed by atoms with Crippen molar-refractivity contribution in [1.82, 2.24) is 4.90 Å². The summed E-state index contributed by atoms with van der Waals surface area (Å²) in [6.45, 7) is 6.15. The predicted molar refractivity (Wildman–Crippen MR) is 70.3 cm³/mol. The van der Waals surface area contributed by atoms with Crippen LogP contribution in [0.5, 0.6) is 0 Å². The monoisotopic (exact) mass is 220 g/mol. The lowest BCUT2D eigenvalue weighted by Gasteiger charge is -2.26. The number of likely N-dealkylation sites (tertiary alicyclic amines) is 1. The number of nitrogens with zero attached hydrogens (tertiary/aromatic N) is 1. The molecule has 16 heavy (non-hydrogen) atoms. The molecule has 1 nitrogen and oxygen atoms in total. The second-order valence-corrected chi connectivity index (χ2v) is 5.58. The topological polar surface area (TPSA) is 3.24 Å². The van der Waals surface area contributed by atoms with Gasteiger partial charge in [-0.1, -0.05) is 25.5 Å². The molecule has 2 aliphatic rings. The Balaban J connectivity index is 1.64. The second-order valence-electron chi connectivity index (χ2n) is 5.58. The summed E-state index contributed by atoms with van der Waals surface area (Å²) in [4.78, 5) is 2.60. The molecule has 1 radical (unpaired) electrons. The molecule has 0 bridgehead atoms. The van der Waals surface area contributed by atoms with Gasteiger partial charge in [0.05, 0.1) is 0 Å². The van der Waals surface area contributed by atoms with Crippen LogP contribution < -0.4 is 0 Å². The molecule has 1 saturated heterocycles. The van der Waals surface area contributed by atoms with Gasteiger partial charge in [0.15, 0.2) is 0 Å². The Labute approximate surface area is 101 Å². The first-order chi connectivity index (χ1) is 7.84. The zero-order valence-corrected chi connectivity index (χ0v) is 10.8. The van der Waals surface area contributed by atoms with E-state index in [1.54, 1.807) is 5.92 Å². The third-order valence-corrected chi connectivity index (χ3v) is 4.10. The molecule has 1 aliphatic heterocycles. The third-order valence-electron chi connectivity index (χ3n) is 4.10. The van der Waals surface area contributed by atoms with E-state index in [2.05, 4.69) is 24.0 Å². The molecule has 0 aromatic heterocycles. The summed E-state index contributed by atoms with van der Waals surface area (Å²) in [5, 5.41) is 0. The van der Waals surface area contributed by atoms with Gasteiger partial charge in [0.2, 0.25) is 0 Å². The highest BCUT2D eigenvalue weighted by Crippen LogP contribution is 2.30. The molecular weight excluding hydrogens is 194 g/mol.